The average Bonchev–Trinajstić information content (AvgIpc) is 2.56. The number of nitrogens with zero attached hydrogens (tertiary/aromatic N) is 1. The summed E-state index contributed by atoms with van der Waals surface area (Å²) in [5.74, 6) is -0.346. The Morgan fingerprint density at radius 3 is 2.71 bits per heavy atom. The van der Waals surface area contributed by atoms with Gasteiger partial charge in [-0.3, -0.25) is 4.79 Å². The van der Waals surface area contributed by atoms with Crippen LogP contribution in [0.4, 0.5) is 0 Å². The van der Waals surface area contributed by atoms with E-state index in [1.54, 1.807) is 0 Å². The predicted molar refractivity (Wildman–Crippen MR) is 66.0 cm³/mol. The van der Waals surface area contributed by atoms with Gasteiger partial charge < -0.3 is 10.1 Å². The van der Waals surface area contributed by atoms with Gasteiger partial charge in [0.15, 0.2) is 0 Å². The Bertz CT molecular complexity index is 558. The number of carboxylic acids is 1. The third kappa shape index (κ3) is 2.16. The molecule has 0 fully saturated rings. The smallest absolute Gasteiger partial charge is 0.311 e. The number of aryl methyl sites for hydroxylation is 1. The van der Waals surface area contributed by atoms with E-state index >= 15 is 0 Å². The van der Waals surface area contributed by atoms with E-state index < -0.39 is 11.9 Å². The first-order valence-corrected chi connectivity index (χ1v) is 5.68. The molecule has 1 heterocycles. The lowest BCUT2D eigenvalue weighted by Crippen LogP contribution is -2.17. The van der Waals surface area contributed by atoms with E-state index in [9.17, 15) is 9.90 Å². The molecule has 0 saturated heterocycles. The predicted octanol–water partition coefficient (Wildman–Crippen LogP) is 2.70. The van der Waals surface area contributed by atoms with Crippen LogP contribution in [0, 0.1) is 12.8 Å². The Kier molecular flexibility index (Phi) is 2.88. The number of aliphatic carboxylic acids is 1. The third-order valence-electron chi connectivity index (χ3n) is 2.92. The van der Waals surface area contributed by atoms with E-state index in [1.165, 1.54) is 0 Å². The molecule has 0 amide bonds. The van der Waals surface area contributed by atoms with E-state index in [0.29, 0.717) is 0 Å². The summed E-state index contributed by atoms with van der Waals surface area (Å²) in [5.41, 5.74) is 2.59. The van der Waals surface area contributed by atoms with E-state index in [-0.39, 0.29) is 5.92 Å². The fraction of sp³-hybridized carbons (Fsp3) is 0.385. The largest absolute Gasteiger partial charge is 0.481 e. The number of carbonyl (C=O) groups is 1. The highest BCUT2D eigenvalue weighted by Gasteiger charge is 2.23. The highest BCUT2D eigenvalue weighted by atomic mass is 16.4. The first-order chi connectivity index (χ1) is 7.99. The van der Waals surface area contributed by atoms with Gasteiger partial charge in [-0.15, -0.1) is 0 Å². The number of hydrogen-bond acceptors (Lipinski definition) is 2. The van der Waals surface area contributed by atoms with Crippen molar-refractivity contribution >= 4 is 17.0 Å². The van der Waals surface area contributed by atoms with Crippen LogP contribution in [0.15, 0.2) is 18.2 Å². The quantitative estimate of drug-likeness (QED) is 0.855. The van der Waals surface area contributed by atoms with Crippen LogP contribution in [-0.4, -0.2) is 21.0 Å². The summed E-state index contributed by atoms with van der Waals surface area (Å²) in [5, 5.41) is 9.25. The van der Waals surface area contributed by atoms with Gasteiger partial charge in [0.05, 0.1) is 17.0 Å². The molecule has 17 heavy (non-hydrogen) atoms. The number of fused-ring (bicyclic) bond motifs is 1. The SMILES string of the molecule is Cc1nc2ccc(C(C(=O)O)C(C)C)cc2[nH]1. The van der Waals surface area contributed by atoms with Gasteiger partial charge in [0.2, 0.25) is 0 Å². The Morgan fingerprint density at radius 2 is 2.12 bits per heavy atom. The first-order valence-electron chi connectivity index (χ1n) is 5.68. The van der Waals surface area contributed by atoms with Crippen LogP contribution in [0.2, 0.25) is 0 Å². The average molecular weight is 232 g/mol. The van der Waals surface area contributed by atoms with Crippen molar-refractivity contribution in [2.45, 2.75) is 26.7 Å². The first kappa shape index (κ1) is 11.6. The van der Waals surface area contributed by atoms with E-state index in [1.807, 2.05) is 39.0 Å². The van der Waals surface area contributed by atoms with Crippen LogP contribution in [0.3, 0.4) is 0 Å². The molecule has 0 aliphatic heterocycles. The second-order valence-corrected chi connectivity index (χ2v) is 4.66. The highest BCUT2D eigenvalue weighted by Crippen LogP contribution is 2.27. The zero-order valence-corrected chi connectivity index (χ0v) is 10.2. The van der Waals surface area contributed by atoms with Crippen molar-refractivity contribution in [2.75, 3.05) is 0 Å². The summed E-state index contributed by atoms with van der Waals surface area (Å²) in [6.45, 7) is 5.72. The van der Waals surface area contributed by atoms with Crippen molar-refractivity contribution in [2.24, 2.45) is 5.92 Å². The molecular weight excluding hydrogens is 216 g/mol. The molecule has 2 aromatic rings. The van der Waals surface area contributed by atoms with Gasteiger partial charge in [0, 0.05) is 0 Å². The van der Waals surface area contributed by atoms with Crippen molar-refractivity contribution in [3.05, 3.63) is 29.6 Å². The molecule has 90 valence electrons. The van der Waals surface area contributed by atoms with Gasteiger partial charge in [-0.25, -0.2) is 4.98 Å². The molecule has 4 heteroatoms. The molecule has 4 nitrogen and oxygen atoms in total. The Labute approximate surface area is 99.7 Å². The van der Waals surface area contributed by atoms with Gasteiger partial charge in [0.1, 0.15) is 5.82 Å². The molecule has 2 N–H and O–H groups in total. The van der Waals surface area contributed by atoms with Crippen molar-refractivity contribution < 1.29 is 9.90 Å². The highest BCUT2D eigenvalue weighted by molar-refractivity contribution is 5.81. The number of carboxylic acid groups (broad SMARTS) is 1. The maximum absolute atomic E-state index is 11.3. The summed E-state index contributed by atoms with van der Waals surface area (Å²) in [6.07, 6.45) is 0. The number of benzene rings is 1. The molecular formula is C13H16N2O2. The lowest BCUT2D eigenvalue weighted by Gasteiger charge is -2.16. The van der Waals surface area contributed by atoms with Gasteiger partial charge in [-0.1, -0.05) is 19.9 Å². The summed E-state index contributed by atoms with van der Waals surface area (Å²) >= 11 is 0. The van der Waals surface area contributed by atoms with Crippen LogP contribution >= 0.6 is 0 Å². The maximum Gasteiger partial charge on any atom is 0.311 e. The van der Waals surface area contributed by atoms with Crippen LogP contribution in [0.1, 0.15) is 31.2 Å². The standard InChI is InChI=1S/C13H16N2O2/c1-7(2)12(13(16)17)9-4-5-10-11(6-9)15-8(3)14-10/h4-7,12H,1-3H3,(H,14,15)(H,16,17). The number of H-pyrrole nitrogens is 1. The molecule has 0 bridgehead atoms. The molecule has 0 aliphatic rings. The minimum Gasteiger partial charge on any atom is -0.481 e. The van der Waals surface area contributed by atoms with Crippen molar-refractivity contribution in [1.82, 2.24) is 9.97 Å². The van der Waals surface area contributed by atoms with Gasteiger partial charge in [-0.05, 0) is 30.5 Å². The zero-order valence-electron chi connectivity index (χ0n) is 10.2. The third-order valence-corrected chi connectivity index (χ3v) is 2.92. The van der Waals surface area contributed by atoms with Gasteiger partial charge >= 0.3 is 5.97 Å². The summed E-state index contributed by atoms with van der Waals surface area (Å²) in [7, 11) is 0. The normalized spacial score (nSPS) is 13.2. The molecule has 1 atom stereocenters. The Morgan fingerprint density at radius 1 is 1.41 bits per heavy atom. The second kappa shape index (κ2) is 4.20. The Balaban J connectivity index is 2.50. The molecule has 1 aromatic heterocycles. The molecule has 2 rings (SSSR count). The topological polar surface area (TPSA) is 66.0 Å². The van der Waals surface area contributed by atoms with Crippen LogP contribution in [0.5, 0.6) is 0 Å². The maximum atomic E-state index is 11.3. The van der Waals surface area contributed by atoms with E-state index in [2.05, 4.69) is 9.97 Å². The fourth-order valence-corrected chi connectivity index (χ4v) is 2.16. The summed E-state index contributed by atoms with van der Waals surface area (Å²) in [4.78, 5) is 18.7. The number of nitrogens with one attached hydrogen (secondary N) is 1. The van der Waals surface area contributed by atoms with E-state index in [4.69, 9.17) is 0 Å². The molecule has 0 aliphatic carbocycles. The molecule has 0 spiro atoms. The molecule has 1 aromatic carbocycles. The van der Waals surface area contributed by atoms with Crippen molar-refractivity contribution in [1.29, 1.82) is 0 Å². The monoisotopic (exact) mass is 232 g/mol. The Hall–Kier alpha value is -1.84. The fourth-order valence-electron chi connectivity index (χ4n) is 2.16. The molecule has 1 unspecified atom stereocenters. The lowest BCUT2D eigenvalue weighted by atomic mass is 9.88. The van der Waals surface area contributed by atoms with Crippen LogP contribution < -0.4 is 0 Å². The van der Waals surface area contributed by atoms with Gasteiger partial charge in [-0.2, -0.15) is 0 Å². The minimum atomic E-state index is -0.782. The molecule has 0 radical (unpaired) electrons. The minimum absolute atomic E-state index is 0.0639. The van der Waals surface area contributed by atoms with E-state index in [0.717, 1.165) is 22.4 Å². The lowest BCUT2D eigenvalue weighted by molar-refractivity contribution is -0.139. The summed E-state index contributed by atoms with van der Waals surface area (Å²) < 4.78 is 0. The number of aromatic amines is 1. The van der Waals surface area contributed by atoms with Crippen LogP contribution in [0.25, 0.3) is 11.0 Å². The number of imidazole rings is 1. The molecule has 0 saturated carbocycles. The number of rotatable bonds is 3. The van der Waals surface area contributed by atoms with Crippen molar-refractivity contribution in [3.63, 3.8) is 0 Å². The zero-order chi connectivity index (χ0) is 12.6. The number of aromatic nitrogens is 2. The number of hydrogen-bond donors (Lipinski definition) is 2. The van der Waals surface area contributed by atoms with Crippen LogP contribution in [-0.2, 0) is 4.79 Å². The van der Waals surface area contributed by atoms with Gasteiger partial charge in [0.25, 0.3) is 0 Å². The second-order valence-electron chi connectivity index (χ2n) is 4.66. The van der Waals surface area contributed by atoms with Crippen molar-refractivity contribution in [3.8, 4) is 0 Å². The summed E-state index contributed by atoms with van der Waals surface area (Å²) in [6, 6.07) is 5.60.